The first-order chi connectivity index (χ1) is 12.5. The summed E-state index contributed by atoms with van der Waals surface area (Å²) in [4.78, 5) is 12.2. The highest BCUT2D eigenvalue weighted by Gasteiger charge is 2.13. The van der Waals surface area contributed by atoms with Crippen LogP contribution in [0.15, 0.2) is 60.9 Å². The number of amides is 1. The molecule has 0 fully saturated rings. The van der Waals surface area contributed by atoms with E-state index in [0.29, 0.717) is 27.7 Å². The van der Waals surface area contributed by atoms with Crippen molar-refractivity contribution in [2.45, 2.75) is 12.6 Å². The molecule has 5 nitrogen and oxygen atoms in total. The summed E-state index contributed by atoms with van der Waals surface area (Å²) in [6, 6.07) is 14.3. The second-order valence-corrected chi connectivity index (χ2v) is 6.64. The third-order valence-corrected chi connectivity index (χ3v) is 4.52. The molecular formula is C19H17Cl2N3O2. The molecule has 2 aromatic carbocycles. The molecule has 3 aromatic rings. The minimum Gasteiger partial charge on any atom is -0.387 e. The lowest BCUT2D eigenvalue weighted by Gasteiger charge is -2.11. The van der Waals surface area contributed by atoms with Crippen LogP contribution in [-0.2, 0) is 6.54 Å². The van der Waals surface area contributed by atoms with Gasteiger partial charge in [-0.1, -0.05) is 53.5 Å². The fourth-order valence-electron chi connectivity index (χ4n) is 2.46. The number of benzene rings is 2. The molecule has 0 unspecified atom stereocenters. The Morgan fingerprint density at radius 1 is 1.15 bits per heavy atom. The highest BCUT2D eigenvalue weighted by molar-refractivity contribution is 6.31. The molecule has 0 aliphatic carbocycles. The Hall–Kier alpha value is -2.34. The summed E-state index contributed by atoms with van der Waals surface area (Å²) in [5.41, 5.74) is 2.02. The zero-order chi connectivity index (χ0) is 18.5. The van der Waals surface area contributed by atoms with E-state index in [1.165, 1.54) is 6.20 Å². The molecule has 0 saturated heterocycles. The van der Waals surface area contributed by atoms with Gasteiger partial charge >= 0.3 is 0 Å². The number of aromatic nitrogens is 2. The van der Waals surface area contributed by atoms with Crippen molar-refractivity contribution in [1.29, 1.82) is 0 Å². The molecule has 1 amide bonds. The lowest BCUT2D eigenvalue weighted by Crippen LogP contribution is -2.28. The lowest BCUT2D eigenvalue weighted by atomic mass is 10.1. The molecule has 3 rings (SSSR count). The van der Waals surface area contributed by atoms with Crippen molar-refractivity contribution >= 4 is 29.1 Å². The first-order valence-electron chi connectivity index (χ1n) is 8.00. The second kappa shape index (κ2) is 8.36. The van der Waals surface area contributed by atoms with Crippen LogP contribution in [0.4, 0.5) is 0 Å². The number of nitrogens with zero attached hydrogens (tertiary/aromatic N) is 2. The van der Waals surface area contributed by atoms with Crippen LogP contribution >= 0.6 is 23.2 Å². The molecule has 0 spiro atoms. The molecule has 26 heavy (non-hydrogen) atoms. The van der Waals surface area contributed by atoms with Crippen molar-refractivity contribution in [3.05, 3.63) is 87.7 Å². The van der Waals surface area contributed by atoms with Crippen LogP contribution in [0.5, 0.6) is 0 Å². The minimum atomic E-state index is -0.811. The Morgan fingerprint density at radius 3 is 2.62 bits per heavy atom. The first-order valence-corrected chi connectivity index (χ1v) is 8.76. The van der Waals surface area contributed by atoms with Gasteiger partial charge in [-0.3, -0.25) is 9.48 Å². The van der Waals surface area contributed by atoms with Crippen LogP contribution in [0.3, 0.4) is 0 Å². The SMILES string of the molecule is O=C(NC[C@@H](O)c1ccc(Cl)cc1)c1cnn(Cc2ccccc2Cl)c1. The summed E-state index contributed by atoms with van der Waals surface area (Å²) in [7, 11) is 0. The van der Waals surface area contributed by atoms with Gasteiger partial charge in [0.15, 0.2) is 0 Å². The average molecular weight is 390 g/mol. The molecule has 0 saturated carbocycles. The Morgan fingerprint density at radius 2 is 1.88 bits per heavy atom. The Bertz CT molecular complexity index is 894. The van der Waals surface area contributed by atoms with Gasteiger partial charge in [-0.25, -0.2) is 0 Å². The van der Waals surface area contributed by atoms with Crippen LogP contribution in [0.1, 0.15) is 27.6 Å². The third-order valence-electron chi connectivity index (χ3n) is 3.90. The molecule has 1 heterocycles. The molecule has 0 radical (unpaired) electrons. The first kappa shape index (κ1) is 18.5. The fraction of sp³-hybridized carbons (Fsp3) is 0.158. The van der Waals surface area contributed by atoms with Crippen LogP contribution < -0.4 is 5.32 Å². The van der Waals surface area contributed by atoms with Crippen molar-refractivity contribution in [3.63, 3.8) is 0 Å². The number of aliphatic hydroxyl groups excluding tert-OH is 1. The van der Waals surface area contributed by atoms with Gasteiger partial charge in [0.05, 0.1) is 24.4 Å². The Kier molecular flexibility index (Phi) is 5.93. The summed E-state index contributed by atoms with van der Waals surface area (Å²) >= 11 is 12.0. The summed E-state index contributed by atoms with van der Waals surface area (Å²) < 4.78 is 1.64. The number of nitrogens with one attached hydrogen (secondary N) is 1. The Labute approximate surface area is 161 Å². The monoisotopic (exact) mass is 389 g/mol. The summed E-state index contributed by atoms with van der Waals surface area (Å²) in [5.74, 6) is -0.302. The maximum Gasteiger partial charge on any atom is 0.254 e. The number of hydrogen-bond donors (Lipinski definition) is 2. The number of hydrogen-bond acceptors (Lipinski definition) is 3. The number of halogens is 2. The van der Waals surface area contributed by atoms with Crippen LogP contribution in [0, 0.1) is 0 Å². The summed E-state index contributed by atoms with van der Waals surface area (Å²) in [6.45, 7) is 0.566. The smallest absolute Gasteiger partial charge is 0.254 e. The van der Waals surface area contributed by atoms with Gasteiger partial charge in [-0.05, 0) is 29.3 Å². The van der Waals surface area contributed by atoms with Crippen molar-refractivity contribution in [2.75, 3.05) is 6.54 Å². The number of aliphatic hydroxyl groups is 1. The van der Waals surface area contributed by atoms with Gasteiger partial charge in [0, 0.05) is 22.8 Å². The van der Waals surface area contributed by atoms with E-state index in [1.54, 1.807) is 35.1 Å². The van der Waals surface area contributed by atoms with Crippen LogP contribution in [-0.4, -0.2) is 27.3 Å². The minimum absolute atomic E-state index is 0.0934. The Balaban J connectivity index is 1.58. The summed E-state index contributed by atoms with van der Waals surface area (Å²) in [5, 5.41) is 18.3. The second-order valence-electron chi connectivity index (χ2n) is 5.80. The maximum atomic E-state index is 12.2. The van der Waals surface area contributed by atoms with Crippen LogP contribution in [0.25, 0.3) is 0 Å². The maximum absolute atomic E-state index is 12.2. The zero-order valence-corrected chi connectivity index (χ0v) is 15.3. The fourth-order valence-corrected chi connectivity index (χ4v) is 2.78. The van der Waals surface area contributed by atoms with E-state index in [-0.39, 0.29) is 12.5 Å². The highest BCUT2D eigenvalue weighted by atomic mass is 35.5. The highest BCUT2D eigenvalue weighted by Crippen LogP contribution is 2.17. The largest absolute Gasteiger partial charge is 0.387 e. The van der Waals surface area contributed by atoms with Gasteiger partial charge in [0.1, 0.15) is 0 Å². The van der Waals surface area contributed by atoms with E-state index in [0.717, 1.165) is 5.56 Å². The van der Waals surface area contributed by atoms with E-state index in [2.05, 4.69) is 10.4 Å². The molecule has 1 aromatic heterocycles. The predicted octanol–water partition coefficient (Wildman–Crippen LogP) is 3.70. The van der Waals surface area contributed by atoms with Gasteiger partial charge in [-0.15, -0.1) is 0 Å². The number of rotatable bonds is 6. The molecule has 0 aliphatic rings. The topological polar surface area (TPSA) is 67.2 Å². The van der Waals surface area contributed by atoms with Crippen molar-refractivity contribution in [2.24, 2.45) is 0 Å². The molecule has 0 bridgehead atoms. The quantitative estimate of drug-likeness (QED) is 0.675. The molecule has 1 atom stereocenters. The van der Waals surface area contributed by atoms with Crippen molar-refractivity contribution in [3.8, 4) is 0 Å². The lowest BCUT2D eigenvalue weighted by molar-refractivity contribution is 0.0916. The number of carbonyl (C=O) groups excluding carboxylic acids is 1. The van der Waals surface area contributed by atoms with E-state index < -0.39 is 6.10 Å². The third kappa shape index (κ3) is 4.64. The molecule has 7 heteroatoms. The van der Waals surface area contributed by atoms with Gasteiger partial charge < -0.3 is 10.4 Å². The summed E-state index contributed by atoms with van der Waals surface area (Å²) in [6.07, 6.45) is 2.32. The normalized spacial score (nSPS) is 12.0. The van der Waals surface area contributed by atoms with Gasteiger partial charge in [0.25, 0.3) is 5.91 Å². The standard InChI is InChI=1S/C19H17Cl2N3O2/c20-16-7-5-13(6-8-16)18(25)10-22-19(26)15-9-23-24(12-15)11-14-3-1-2-4-17(14)21/h1-9,12,18,25H,10-11H2,(H,22,26)/t18-/m1/s1. The van der Waals surface area contributed by atoms with Crippen molar-refractivity contribution in [1.82, 2.24) is 15.1 Å². The number of carbonyl (C=O) groups is 1. The average Bonchev–Trinajstić information content (AvgIpc) is 3.10. The molecule has 2 N–H and O–H groups in total. The van der Waals surface area contributed by atoms with Crippen molar-refractivity contribution < 1.29 is 9.90 Å². The van der Waals surface area contributed by atoms with E-state index in [9.17, 15) is 9.90 Å². The van der Waals surface area contributed by atoms with E-state index in [1.807, 2.05) is 24.3 Å². The predicted molar refractivity (Wildman–Crippen MR) is 102 cm³/mol. The van der Waals surface area contributed by atoms with Gasteiger partial charge in [-0.2, -0.15) is 5.10 Å². The zero-order valence-electron chi connectivity index (χ0n) is 13.8. The molecule has 134 valence electrons. The van der Waals surface area contributed by atoms with E-state index >= 15 is 0 Å². The van der Waals surface area contributed by atoms with Gasteiger partial charge in [0.2, 0.25) is 0 Å². The van der Waals surface area contributed by atoms with Crippen LogP contribution in [0.2, 0.25) is 10.0 Å². The van der Waals surface area contributed by atoms with E-state index in [4.69, 9.17) is 23.2 Å². The molecule has 0 aliphatic heterocycles. The molecular weight excluding hydrogens is 373 g/mol.